The van der Waals surface area contributed by atoms with Gasteiger partial charge in [-0.15, -0.1) is 0 Å². The zero-order chi connectivity index (χ0) is 19.6. The Morgan fingerprint density at radius 2 is 1.67 bits per heavy atom. The predicted molar refractivity (Wildman–Crippen MR) is 109 cm³/mol. The maximum absolute atomic E-state index is 10.5. The first-order chi connectivity index (χ1) is 13.0. The van der Waals surface area contributed by atoms with Crippen LogP contribution in [0.1, 0.15) is 29.7 Å². The molecule has 0 amide bonds. The van der Waals surface area contributed by atoms with Gasteiger partial charge in [-0.2, -0.15) is 0 Å². The molecule has 0 spiro atoms. The van der Waals surface area contributed by atoms with Gasteiger partial charge in [0, 0.05) is 19.2 Å². The quantitative estimate of drug-likeness (QED) is 0.491. The summed E-state index contributed by atoms with van der Waals surface area (Å²) in [7, 11) is 3.17. The Kier molecular flexibility index (Phi) is 7.95. The number of rotatable bonds is 8. The number of ether oxygens (including phenoxy) is 2. The summed E-state index contributed by atoms with van der Waals surface area (Å²) in [4.78, 5) is 4.58. The second-order valence-electron chi connectivity index (χ2n) is 6.22. The van der Waals surface area contributed by atoms with E-state index in [1.54, 1.807) is 32.4 Å². The highest BCUT2D eigenvalue weighted by Crippen LogP contribution is 2.26. The van der Waals surface area contributed by atoms with E-state index in [0.717, 1.165) is 12.1 Å². The molecule has 0 heterocycles. The Balaban J connectivity index is 2.01. The zero-order valence-corrected chi connectivity index (χ0v) is 16.5. The lowest BCUT2D eigenvalue weighted by molar-refractivity contribution is 0.180. The molecule has 0 saturated carbocycles. The second kappa shape index (κ2) is 10.4. The van der Waals surface area contributed by atoms with E-state index >= 15 is 0 Å². The Morgan fingerprint density at radius 1 is 1.04 bits per heavy atom. The van der Waals surface area contributed by atoms with Gasteiger partial charge >= 0.3 is 0 Å². The zero-order valence-electron chi connectivity index (χ0n) is 16.5. The molecule has 2 rings (SSSR count). The summed E-state index contributed by atoms with van der Waals surface area (Å²) < 4.78 is 10.5. The van der Waals surface area contributed by atoms with Crippen LogP contribution in [0.5, 0.6) is 11.5 Å². The van der Waals surface area contributed by atoms with Gasteiger partial charge < -0.3 is 25.2 Å². The largest absolute Gasteiger partial charge is 0.497 e. The van der Waals surface area contributed by atoms with Gasteiger partial charge in [0.25, 0.3) is 0 Å². The predicted octanol–water partition coefficient (Wildman–Crippen LogP) is 2.80. The van der Waals surface area contributed by atoms with Crippen LogP contribution in [0.3, 0.4) is 0 Å². The lowest BCUT2D eigenvalue weighted by Gasteiger charge is -2.17. The Bertz CT molecular complexity index is 723. The molecule has 146 valence electrons. The van der Waals surface area contributed by atoms with Gasteiger partial charge in [-0.25, -0.2) is 4.99 Å². The van der Waals surface area contributed by atoms with Crippen LogP contribution in [0.15, 0.2) is 47.5 Å². The normalized spacial score (nSPS) is 12.4. The van der Waals surface area contributed by atoms with Crippen LogP contribution in [0, 0.1) is 6.92 Å². The number of guanidine groups is 1. The van der Waals surface area contributed by atoms with E-state index < -0.39 is 6.10 Å². The van der Waals surface area contributed by atoms with E-state index in [-0.39, 0.29) is 0 Å². The van der Waals surface area contributed by atoms with Crippen LogP contribution in [0.2, 0.25) is 0 Å². The first-order valence-electron chi connectivity index (χ1n) is 9.04. The van der Waals surface area contributed by atoms with Crippen molar-refractivity contribution in [1.29, 1.82) is 0 Å². The molecule has 0 aliphatic rings. The molecule has 2 aromatic carbocycles. The molecule has 0 aromatic heterocycles. The van der Waals surface area contributed by atoms with Gasteiger partial charge in [-0.05, 0) is 37.1 Å². The number of aliphatic imine (C=N–C) groups is 1. The van der Waals surface area contributed by atoms with E-state index in [0.29, 0.717) is 36.1 Å². The smallest absolute Gasteiger partial charge is 0.191 e. The van der Waals surface area contributed by atoms with E-state index in [4.69, 9.17) is 9.47 Å². The standard InChI is InChI=1S/C21H29N3O3/c1-5-22-21(23-13-16-8-6-15(2)7-9-16)24-14-20(25)17-10-18(26-3)12-19(11-17)27-4/h6-12,20,25H,5,13-14H2,1-4H3,(H2,22,23,24). The monoisotopic (exact) mass is 371 g/mol. The number of aliphatic hydroxyl groups excluding tert-OH is 1. The molecule has 0 saturated heterocycles. The Labute approximate surface area is 161 Å². The van der Waals surface area contributed by atoms with Gasteiger partial charge in [-0.3, -0.25) is 0 Å². The molecule has 0 bridgehead atoms. The number of nitrogens with one attached hydrogen (secondary N) is 2. The number of hydrogen-bond acceptors (Lipinski definition) is 4. The summed E-state index contributed by atoms with van der Waals surface area (Å²) in [6.07, 6.45) is -0.725. The molecule has 0 fully saturated rings. The van der Waals surface area contributed by atoms with Gasteiger partial charge in [0.15, 0.2) is 5.96 Å². The third kappa shape index (κ3) is 6.49. The first kappa shape index (κ1) is 20.6. The molecule has 3 N–H and O–H groups in total. The fraction of sp³-hybridized carbons (Fsp3) is 0.381. The SMILES string of the molecule is CCNC(=NCc1ccc(C)cc1)NCC(O)c1cc(OC)cc(OC)c1. The molecule has 6 heteroatoms. The molecule has 0 radical (unpaired) electrons. The third-order valence-electron chi connectivity index (χ3n) is 4.11. The fourth-order valence-electron chi connectivity index (χ4n) is 2.54. The fourth-order valence-corrected chi connectivity index (χ4v) is 2.54. The van der Waals surface area contributed by atoms with Crippen molar-refractivity contribution in [2.24, 2.45) is 4.99 Å². The van der Waals surface area contributed by atoms with E-state index in [1.807, 2.05) is 6.92 Å². The molecule has 1 atom stereocenters. The lowest BCUT2D eigenvalue weighted by Crippen LogP contribution is -2.39. The van der Waals surface area contributed by atoms with E-state index in [1.165, 1.54) is 5.56 Å². The van der Waals surface area contributed by atoms with E-state index in [9.17, 15) is 5.11 Å². The molecular formula is C21H29N3O3. The number of aryl methyl sites for hydroxylation is 1. The van der Waals surface area contributed by atoms with Gasteiger partial charge in [-0.1, -0.05) is 29.8 Å². The van der Waals surface area contributed by atoms with Crippen molar-refractivity contribution in [2.75, 3.05) is 27.3 Å². The highest BCUT2D eigenvalue weighted by molar-refractivity contribution is 5.79. The van der Waals surface area contributed by atoms with Crippen LogP contribution >= 0.6 is 0 Å². The van der Waals surface area contributed by atoms with Crippen molar-refractivity contribution >= 4 is 5.96 Å². The highest BCUT2D eigenvalue weighted by Gasteiger charge is 2.12. The minimum atomic E-state index is -0.725. The summed E-state index contributed by atoms with van der Waals surface area (Å²) in [5.41, 5.74) is 3.08. The topological polar surface area (TPSA) is 75.1 Å². The Morgan fingerprint density at radius 3 is 2.22 bits per heavy atom. The summed E-state index contributed by atoms with van der Waals surface area (Å²) >= 11 is 0. The Hall–Kier alpha value is -2.73. The molecule has 1 unspecified atom stereocenters. The van der Waals surface area contributed by atoms with Crippen molar-refractivity contribution in [3.8, 4) is 11.5 Å². The molecule has 2 aromatic rings. The van der Waals surface area contributed by atoms with Crippen molar-refractivity contribution in [3.05, 3.63) is 59.2 Å². The van der Waals surface area contributed by atoms with E-state index in [2.05, 4.69) is 46.8 Å². The van der Waals surface area contributed by atoms with Gasteiger partial charge in [0.1, 0.15) is 11.5 Å². The van der Waals surface area contributed by atoms with Gasteiger partial charge in [0.05, 0.1) is 26.9 Å². The maximum atomic E-state index is 10.5. The minimum absolute atomic E-state index is 0.316. The van der Waals surface area contributed by atoms with Crippen molar-refractivity contribution in [3.63, 3.8) is 0 Å². The minimum Gasteiger partial charge on any atom is -0.497 e. The number of methoxy groups -OCH3 is 2. The summed E-state index contributed by atoms with van der Waals surface area (Å²) in [6, 6.07) is 13.7. The molecule has 6 nitrogen and oxygen atoms in total. The average Bonchev–Trinajstić information content (AvgIpc) is 2.70. The van der Waals surface area contributed by atoms with Crippen LogP contribution in [-0.2, 0) is 6.54 Å². The van der Waals surface area contributed by atoms with Crippen LogP contribution in [0.25, 0.3) is 0 Å². The lowest BCUT2D eigenvalue weighted by atomic mass is 10.1. The number of benzene rings is 2. The second-order valence-corrected chi connectivity index (χ2v) is 6.22. The molecular weight excluding hydrogens is 342 g/mol. The molecule has 0 aliphatic carbocycles. The van der Waals surface area contributed by atoms with Crippen LogP contribution in [0.4, 0.5) is 0 Å². The van der Waals surface area contributed by atoms with Crippen molar-refractivity contribution in [2.45, 2.75) is 26.5 Å². The molecule has 27 heavy (non-hydrogen) atoms. The van der Waals surface area contributed by atoms with Crippen LogP contribution < -0.4 is 20.1 Å². The maximum Gasteiger partial charge on any atom is 0.191 e. The number of aliphatic hydroxyl groups is 1. The summed E-state index contributed by atoms with van der Waals surface area (Å²) in [5, 5.41) is 16.9. The first-order valence-corrected chi connectivity index (χ1v) is 9.04. The van der Waals surface area contributed by atoms with Crippen molar-refractivity contribution in [1.82, 2.24) is 10.6 Å². The van der Waals surface area contributed by atoms with Gasteiger partial charge in [0.2, 0.25) is 0 Å². The third-order valence-corrected chi connectivity index (χ3v) is 4.11. The van der Waals surface area contributed by atoms with Crippen molar-refractivity contribution < 1.29 is 14.6 Å². The molecule has 0 aliphatic heterocycles. The average molecular weight is 371 g/mol. The summed E-state index contributed by atoms with van der Waals surface area (Å²) in [6.45, 7) is 5.69. The van der Waals surface area contributed by atoms with Crippen LogP contribution in [-0.4, -0.2) is 38.4 Å². The highest BCUT2D eigenvalue weighted by atomic mass is 16.5. The summed E-state index contributed by atoms with van der Waals surface area (Å²) in [5.74, 6) is 1.94. The number of nitrogens with zero attached hydrogens (tertiary/aromatic N) is 1. The number of hydrogen-bond donors (Lipinski definition) is 3.